The highest BCUT2D eigenvalue weighted by molar-refractivity contribution is 5.35. The van der Waals surface area contributed by atoms with Crippen LogP contribution in [0.1, 0.15) is 11.3 Å². The zero-order valence-corrected chi connectivity index (χ0v) is 9.71. The van der Waals surface area contributed by atoms with E-state index in [4.69, 9.17) is 15.1 Å². The van der Waals surface area contributed by atoms with Crippen molar-refractivity contribution < 1.29 is 9.84 Å². The number of nitriles is 1. The number of hydrogen-bond donors (Lipinski definition) is 1. The molecule has 18 heavy (non-hydrogen) atoms. The zero-order valence-electron chi connectivity index (χ0n) is 9.71. The van der Waals surface area contributed by atoms with E-state index in [9.17, 15) is 0 Å². The standard InChI is InChI=1S/C14H12N2O2/c15-10-12-9-14(5-7-16-12)18-13-3-1-11(2-4-13)6-8-17/h1-5,7,9,17H,6,8H2. The maximum Gasteiger partial charge on any atom is 0.144 e. The lowest BCUT2D eigenvalue weighted by atomic mass is 10.1. The van der Waals surface area contributed by atoms with Gasteiger partial charge in [0.15, 0.2) is 0 Å². The average molecular weight is 240 g/mol. The first-order valence-electron chi connectivity index (χ1n) is 5.55. The lowest BCUT2D eigenvalue weighted by molar-refractivity contribution is 0.299. The highest BCUT2D eigenvalue weighted by Crippen LogP contribution is 2.21. The van der Waals surface area contributed by atoms with Gasteiger partial charge < -0.3 is 9.84 Å². The number of aliphatic hydroxyl groups excluding tert-OH is 1. The summed E-state index contributed by atoms with van der Waals surface area (Å²) in [4.78, 5) is 3.87. The topological polar surface area (TPSA) is 66.1 Å². The molecule has 4 nitrogen and oxygen atoms in total. The number of benzene rings is 1. The number of hydrogen-bond acceptors (Lipinski definition) is 4. The van der Waals surface area contributed by atoms with Crippen molar-refractivity contribution in [2.75, 3.05) is 6.61 Å². The van der Waals surface area contributed by atoms with Crippen LogP contribution in [0.15, 0.2) is 42.6 Å². The van der Waals surface area contributed by atoms with Crippen LogP contribution in [0.2, 0.25) is 0 Å². The van der Waals surface area contributed by atoms with Gasteiger partial charge in [0.05, 0.1) is 0 Å². The third-order valence-electron chi connectivity index (χ3n) is 2.41. The molecule has 0 atom stereocenters. The van der Waals surface area contributed by atoms with E-state index in [2.05, 4.69) is 4.98 Å². The van der Waals surface area contributed by atoms with Crippen LogP contribution < -0.4 is 4.74 Å². The Morgan fingerprint density at radius 2 is 1.94 bits per heavy atom. The number of aromatic nitrogens is 1. The second kappa shape index (κ2) is 5.80. The van der Waals surface area contributed by atoms with Crippen LogP contribution in [-0.2, 0) is 6.42 Å². The van der Waals surface area contributed by atoms with Crippen LogP contribution in [0.25, 0.3) is 0 Å². The van der Waals surface area contributed by atoms with Crippen LogP contribution in [0.4, 0.5) is 0 Å². The number of ether oxygens (including phenoxy) is 1. The Morgan fingerprint density at radius 1 is 1.17 bits per heavy atom. The van der Waals surface area contributed by atoms with Crippen molar-refractivity contribution in [3.05, 3.63) is 53.9 Å². The van der Waals surface area contributed by atoms with Crippen molar-refractivity contribution in [3.8, 4) is 17.6 Å². The van der Waals surface area contributed by atoms with E-state index in [0.717, 1.165) is 5.56 Å². The van der Waals surface area contributed by atoms with Crippen LogP contribution in [-0.4, -0.2) is 16.7 Å². The van der Waals surface area contributed by atoms with Gasteiger partial charge in [-0.1, -0.05) is 12.1 Å². The molecule has 0 fully saturated rings. The molecule has 1 aromatic carbocycles. The molecule has 0 spiro atoms. The summed E-state index contributed by atoms with van der Waals surface area (Å²) in [5.41, 5.74) is 1.38. The Bertz CT molecular complexity index is 559. The molecule has 0 saturated heterocycles. The van der Waals surface area contributed by atoms with Crippen molar-refractivity contribution in [1.82, 2.24) is 4.98 Å². The van der Waals surface area contributed by atoms with E-state index in [1.165, 1.54) is 6.20 Å². The fraction of sp³-hybridized carbons (Fsp3) is 0.143. The molecule has 0 aliphatic carbocycles. The first-order valence-corrected chi connectivity index (χ1v) is 5.55. The molecule has 1 aromatic heterocycles. The van der Waals surface area contributed by atoms with Crippen LogP contribution in [0.3, 0.4) is 0 Å². The second-order valence-electron chi connectivity index (χ2n) is 3.71. The minimum atomic E-state index is 0.135. The summed E-state index contributed by atoms with van der Waals surface area (Å²) in [5.74, 6) is 1.27. The summed E-state index contributed by atoms with van der Waals surface area (Å²) < 4.78 is 5.60. The molecule has 0 saturated carbocycles. The van der Waals surface area contributed by atoms with Gasteiger partial charge in [0.2, 0.25) is 0 Å². The van der Waals surface area contributed by atoms with Crippen LogP contribution in [0, 0.1) is 11.3 Å². The first kappa shape index (κ1) is 12.1. The summed E-state index contributed by atoms with van der Waals surface area (Å²) in [6.45, 7) is 0.135. The smallest absolute Gasteiger partial charge is 0.144 e. The monoisotopic (exact) mass is 240 g/mol. The molecule has 0 amide bonds. The van der Waals surface area contributed by atoms with Gasteiger partial charge in [-0.05, 0) is 30.2 Å². The second-order valence-corrected chi connectivity index (χ2v) is 3.71. The first-order chi connectivity index (χ1) is 8.81. The van der Waals surface area contributed by atoms with Gasteiger partial charge in [0.1, 0.15) is 23.3 Å². The number of nitrogens with zero attached hydrogens (tertiary/aromatic N) is 2. The summed E-state index contributed by atoms with van der Waals surface area (Å²) in [6, 6.07) is 12.7. The van der Waals surface area contributed by atoms with Gasteiger partial charge in [-0.15, -0.1) is 0 Å². The summed E-state index contributed by atoms with van der Waals surface area (Å²) >= 11 is 0. The normalized spacial score (nSPS) is 9.78. The largest absolute Gasteiger partial charge is 0.457 e. The molecule has 2 rings (SSSR count). The zero-order chi connectivity index (χ0) is 12.8. The van der Waals surface area contributed by atoms with E-state index in [1.54, 1.807) is 12.1 Å². The Labute approximate surface area is 105 Å². The van der Waals surface area contributed by atoms with Crippen LogP contribution >= 0.6 is 0 Å². The van der Waals surface area contributed by atoms with Crippen LogP contribution in [0.5, 0.6) is 11.5 Å². The molecule has 2 aromatic rings. The van der Waals surface area contributed by atoms with Crippen molar-refractivity contribution in [1.29, 1.82) is 5.26 Å². The fourth-order valence-corrected chi connectivity index (χ4v) is 1.53. The molecule has 0 aliphatic heterocycles. The number of pyridine rings is 1. The maximum absolute atomic E-state index is 8.81. The third kappa shape index (κ3) is 3.06. The molecule has 0 radical (unpaired) electrons. The van der Waals surface area contributed by atoms with E-state index < -0.39 is 0 Å². The maximum atomic E-state index is 8.81. The lowest BCUT2D eigenvalue weighted by Crippen LogP contribution is -1.91. The molecular weight excluding hydrogens is 228 g/mol. The summed E-state index contributed by atoms with van der Waals surface area (Å²) in [6.07, 6.45) is 2.17. The number of aliphatic hydroxyl groups is 1. The lowest BCUT2D eigenvalue weighted by Gasteiger charge is -2.06. The van der Waals surface area contributed by atoms with Gasteiger partial charge in [-0.25, -0.2) is 4.98 Å². The van der Waals surface area contributed by atoms with E-state index in [1.807, 2.05) is 30.3 Å². The van der Waals surface area contributed by atoms with Gasteiger partial charge in [0, 0.05) is 18.9 Å². The van der Waals surface area contributed by atoms with Gasteiger partial charge in [-0.2, -0.15) is 5.26 Å². The predicted molar refractivity (Wildman–Crippen MR) is 66.3 cm³/mol. The molecule has 0 aliphatic rings. The van der Waals surface area contributed by atoms with Gasteiger partial charge in [0.25, 0.3) is 0 Å². The Kier molecular flexibility index (Phi) is 3.90. The highest BCUT2D eigenvalue weighted by Gasteiger charge is 2.00. The minimum Gasteiger partial charge on any atom is -0.457 e. The highest BCUT2D eigenvalue weighted by atomic mass is 16.5. The third-order valence-corrected chi connectivity index (χ3v) is 2.41. The average Bonchev–Trinajstić information content (AvgIpc) is 2.42. The minimum absolute atomic E-state index is 0.135. The molecule has 90 valence electrons. The predicted octanol–water partition coefficient (Wildman–Crippen LogP) is 2.28. The van der Waals surface area contributed by atoms with Crippen molar-refractivity contribution in [3.63, 3.8) is 0 Å². The van der Waals surface area contributed by atoms with Crippen molar-refractivity contribution in [2.24, 2.45) is 0 Å². The molecule has 1 N–H and O–H groups in total. The molecular formula is C14H12N2O2. The Morgan fingerprint density at radius 3 is 2.61 bits per heavy atom. The Hall–Kier alpha value is -2.38. The molecule has 4 heteroatoms. The summed E-state index contributed by atoms with van der Waals surface area (Å²) in [5, 5.41) is 17.5. The van der Waals surface area contributed by atoms with E-state index >= 15 is 0 Å². The van der Waals surface area contributed by atoms with Crippen molar-refractivity contribution >= 4 is 0 Å². The quantitative estimate of drug-likeness (QED) is 0.890. The van der Waals surface area contributed by atoms with Gasteiger partial charge >= 0.3 is 0 Å². The molecule has 1 heterocycles. The van der Waals surface area contributed by atoms with Crippen molar-refractivity contribution in [2.45, 2.75) is 6.42 Å². The number of rotatable bonds is 4. The Balaban J connectivity index is 2.11. The van der Waals surface area contributed by atoms with E-state index in [0.29, 0.717) is 23.6 Å². The summed E-state index contributed by atoms with van der Waals surface area (Å²) in [7, 11) is 0. The van der Waals surface area contributed by atoms with E-state index in [-0.39, 0.29) is 6.61 Å². The van der Waals surface area contributed by atoms with Gasteiger partial charge in [-0.3, -0.25) is 0 Å². The molecule has 0 unspecified atom stereocenters. The fourth-order valence-electron chi connectivity index (χ4n) is 1.53. The SMILES string of the molecule is N#Cc1cc(Oc2ccc(CCO)cc2)ccn1. The molecule has 0 bridgehead atoms.